The fourth-order valence-corrected chi connectivity index (χ4v) is 5.25. The van der Waals surface area contributed by atoms with Crippen molar-refractivity contribution >= 4 is 33.3 Å². The van der Waals surface area contributed by atoms with Crippen LogP contribution < -0.4 is 19.7 Å². The van der Waals surface area contributed by atoms with Crippen LogP contribution in [-0.4, -0.2) is 67.2 Å². The highest BCUT2D eigenvalue weighted by Crippen LogP contribution is 2.36. The average molecular weight is 454 g/mol. The van der Waals surface area contributed by atoms with Gasteiger partial charge < -0.3 is 24.6 Å². The van der Waals surface area contributed by atoms with E-state index in [1.54, 1.807) is 6.33 Å². The quantitative estimate of drug-likeness (QED) is 0.650. The first-order chi connectivity index (χ1) is 15.5. The van der Waals surface area contributed by atoms with Gasteiger partial charge in [0, 0.05) is 26.2 Å². The molecular formula is C23H27N5O3S. The van der Waals surface area contributed by atoms with Crippen LogP contribution in [0.3, 0.4) is 0 Å². The molecule has 1 fully saturated rings. The van der Waals surface area contributed by atoms with Gasteiger partial charge in [0.15, 0.2) is 11.5 Å². The van der Waals surface area contributed by atoms with E-state index in [1.807, 2.05) is 32.0 Å². The van der Waals surface area contributed by atoms with Gasteiger partial charge in [0.1, 0.15) is 30.2 Å². The maximum absolute atomic E-state index is 13.2. The van der Waals surface area contributed by atoms with Crippen molar-refractivity contribution in [1.29, 1.82) is 0 Å². The minimum absolute atomic E-state index is 0.0998. The Bertz CT molecular complexity index is 1160. The smallest absolute Gasteiger partial charge is 0.262 e. The number of carbonyl (C=O) groups excluding carboxylic acids is 1. The van der Waals surface area contributed by atoms with Gasteiger partial charge >= 0.3 is 0 Å². The zero-order valence-corrected chi connectivity index (χ0v) is 19.4. The normalized spacial score (nSPS) is 17.4. The molecule has 1 amide bonds. The van der Waals surface area contributed by atoms with Crippen LogP contribution in [0.1, 0.15) is 33.8 Å². The van der Waals surface area contributed by atoms with Crippen LogP contribution >= 0.6 is 11.3 Å². The zero-order valence-electron chi connectivity index (χ0n) is 18.6. The second kappa shape index (κ2) is 8.55. The minimum Gasteiger partial charge on any atom is -0.486 e. The van der Waals surface area contributed by atoms with Crippen molar-refractivity contribution in [3.8, 4) is 11.5 Å². The topological polar surface area (TPSA) is 79.8 Å². The molecule has 1 atom stereocenters. The molecule has 9 heteroatoms. The summed E-state index contributed by atoms with van der Waals surface area (Å²) in [5, 5.41) is 4.12. The van der Waals surface area contributed by atoms with E-state index in [-0.39, 0.29) is 11.9 Å². The molecule has 0 spiro atoms. The van der Waals surface area contributed by atoms with E-state index in [1.165, 1.54) is 11.3 Å². The summed E-state index contributed by atoms with van der Waals surface area (Å²) in [5.74, 6) is 2.29. The van der Waals surface area contributed by atoms with Gasteiger partial charge in [0.2, 0.25) is 0 Å². The van der Waals surface area contributed by atoms with Gasteiger partial charge in [-0.05, 0) is 44.2 Å². The van der Waals surface area contributed by atoms with Crippen LogP contribution in [0.25, 0.3) is 10.2 Å². The SMILES string of the molecule is Cc1c(C(=O)NC(C)c2ccc3c(c2)OCCO3)sc2ncnc(N3CCN(C)CC3)c12. The number of fused-ring (bicyclic) bond motifs is 2. The van der Waals surface area contributed by atoms with Crippen molar-refractivity contribution in [2.75, 3.05) is 51.3 Å². The molecule has 4 heterocycles. The van der Waals surface area contributed by atoms with Crippen LogP contribution in [-0.2, 0) is 0 Å². The molecule has 5 rings (SSSR count). The first-order valence-corrected chi connectivity index (χ1v) is 11.7. The number of carbonyl (C=O) groups is 1. The van der Waals surface area contributed by atoms with Crippen molar-refractivity contribution in [2.24, 2.45) is 0 Å². The number of anilines is 1. The number of aromatic nitrogens is 2. The second-order valence-corrected chi connectivity index (χ2v) is 9.32. The van der Waals surface area contributed by atoms with E-state index in [0.29, 0.717) is 18.1 Å². The van der Waals surface area contributed by atoms with E-state index >= 15 is 0 Å². The number of aryl methyl sites for hydroxylation is 1. The molecule has 0 aliphatic carbocycles. The number of ether oxygens (including phenoxy) is 2. The summed E-state index contributed by atoms with van der Waals surface area (Å²) in [7, 11) is 2.13. The Kier molecular flexibility index (Phi) is 5.60. The van der Waals surface area contributed by atoms with Crippen molar-refractivity contribution in [3.05, 3.63) is 40.5 Å². The summed E-state index contributed by atoms with van der Waals surface area (Å²) in [6.45, 7) is 8.88. The molecule has 1 unspecified atom stereocenters. The second-order valence-electron chi connectivity index (χ2n) is 8.32. The van der Waals surface area contributed by atoms with Crippen molar-refractivity contribution in [3.63, 3.8) is 0 Å². The molecule has 0 radical (unpaired) electrons. The number of hydrogen-bond donors (Lipinski definition) is 1. The highest BCUT2D eigenvalue weighted by Gasteiger charge is 2.25. The number of piperazine rings is 1. The summed E-state index contributed by atoms with van der Waals surface area (Å²) < 4.78 is 11.3. The number of nitrogens with one attached hydrogen (secondary N) is 1. The molecule has 2 aromatic heterocycles. The Balaban J connectivity index is 1.39. The third-order valence-electron chi connectivity index (χ3n) is 6.13. The highest BCUT2D eigenvalue weighted by molar-refractivity contribution is 7.20. The average Bonchev–Trinajstić information content (AvgIpc) is 3.16. The molecular weight excluding hydrogens is 426 g/mol. The summed E-state index contributed by atoms with van der Waals surface area (Å²) >= 11 is 1.43. The predicted molar refractivity (Wildman–Crippen MR) is 125 cm³/mol. The Hall–Kier alpha value is -2.91. The molecule has 1 aromatic carbocycles. The lowest BCUT2D eigenvalue weighted by molar-refractivity contribution is 0.0943. The molecule has 168 valence electrons. The van der Waals surface area contributed by atoms with E-state index < -0.39 is 0 Å². The third-order valence-corrected chi connectivity index (χ3v) is 7.33. The number of nitrogens with zero attached hydrogens (tertiary/aromatic N) is 4. The number of thiophene rings is 1. The lowest BCUT2D eigenvalue weighted by Crippen LogP contribution is -2.44. The van der Waals surface area contributed by atoms with Gasteiger partial charge in [0.05, 0.1) is 16.3 Å². The van der Waals surface area contributed by atoms with Gasteiger partial charge in [-0.1, -0.05) is 6.07 Å². The lowest BCUT2D eigenvalue weighted by atomic mass is 10.1. The Morgan fingerprint density at radius 1 is 1.12 bits per heavy atom. The van der Waals surface area contributed by atoms with Gasteiger partial charge in [-0.15, -0.1) is 11.3 Å². The fraction of sp³-hybridized carbons (Fsp3) is 0.435. The van der Waals surface area contributed by atoms with E-state index in [9.17, 15) is 4.79 Å². The van der Waals surface area contributed by atoms with Crippen LogP contribution in [0.15, 0.2) is 24.5 Å². The van der Waals surface area contributed by atoms with Crippen molar-refractivity contribution < 1.29 is 14.3 Å². The standard InChI is InChI=1S/C23H27N5O3S/c1-14-19-21(28-8-6-27(3)7-9-28)24-13-25-23(19)32-20(14)22(29)26-15(2)16-4-5-17-18(12-16)31-11-10-30-17/h4-5,12-13,15H,6-11H2,1-3H3,(H,26,29). The number of benzene rings is 1. The number of rotatable bonds is 4. The lowest BCUT2D eigenvalue weighted by Gasteiger charge is -2.33. The van der Waals surface area contributed by atoms with Crippen LogP contribution in [0.4, 0.5) is 5.82 Å². The molecule has 1 N–H and O–H groups in total. The third kappa shape index (κ3) is 3.86. The van der Waals surface area contributed by atoms with E-state index in [2.05, 4.69) is 32.1 Å². The highest BCUT2D eigenvalue weighted by atomic mass is 32.1. The van der Waals surface area contributed by atoms with E-state index in [4.69, 9.17) is 9.47 Å². The summed E-state index contributed by atoms with van der Waals surface area (Å²) in [5.41, 5.74) is 1.91. The predicted octanol–water partition coefficient (Wildman–Crippen LogP) is 3.01. The van der Waals surface area contributed by atoms with Crippen LogP contribution in [0, 0.1) is 6.92 Å². The molecule has 0 bridgehead atoms. The maximum Gasteiger partial charge on any atom is 0.262 e. The van der Waals surface area contributed by atoms with Gasteiger partial charge in [-0.2, -0.15) is 0 Å². The van der Waals surface area contributed by atoms with Crippen molar-refractivity contribution in [2.45, 2.75) is 19.9 Å². The summed E-state index contributed by atoms with van der Waals surface area (Å²) in [4.78, 5) is 28.4. The monoisotopic (exact) mass is 453 g/mol. The van der Waals surface area contributed by atoms with Crippen LogP contribution in [0.2, 0.25) is 0 Å². The zero-order chi connectivity index (χ0) is 22.2. The van der Waals surface area contributed by atoms with Gasteiger partial charge in [-0.3, -0.25) is 4.79 Å². The number of hydrogen-bond acceptors (Lipinski definition) is 8. The molecule has 32 heavy (non-hydrogen) atoms. The van der Waals surface area contributed by atoms with Gasteiger partial charge in [-0.25, -0.2) is 9.97 Å². The Morgan fingerprint density at radius 2 is 1.88 bits per heavy atom. The largest absolute Gasteiger partial charge is 0.486 e. The molecule has 2 aliphatic heterocycles. The Morgan fingerprint density at radius 3 is 2.66 bits per heavy atom. The molecule has 1 saturated heterocycles. The van der Waals surface area contributed by atoms with Gasteiger partial charge in [0.25, 0.3) is 5.91 Å². The maximum atomic E-state index is 13.2. The Labute approximate surface area is 191 Å². The molecule has 3 aromatic rings. The van der Waals surface area contributed by atoms with Crippen molar-refractivity contribution in [1.82, 2.24) is 20.2 Å². The number of likely N-dealkylation sites (N-methyl/N-ethyl adjacent to an activating group) is 1. The molecule has 0 saturated carbocycles. The van der Waals surface area contributed by atoms with E-state index in [0.717, 1.165) is 64.8 Å². The van der Waals surface area contributed by atoms with Crippen LogP contribution in [0.5, 0.6) is 11.5 Å². The first kappa shape index (κ1) is 21.0. The summed E-state index contributed by atoms with van der Waals surface area (Å²) in [6.07, 6.45) is 1.60. The fourth-order valence-electron chi connectivity index (χ4n) is 4.20. The molecule has 8 nitrogen and oxygen atoms in total. The first-order valence-electron chi connectivity index (χ1n) is 10.9. The minimum atomic E-state index is -0.175. The summed E-state index contributed by atoms with van der Waals surface area (Å²) in [6, 6.07) is 5.63. The number of amides is 1. The molecule has 2 aliphatic rings.